The fraction of sp³-hybridized carbons (Fsp3) is 0.583. The first-order valence-electron chi connectivity index (χ1n) is 6.35. The Balaban J connectivity index is 2.11. The maximum Gasteiger partial charge on any atom is 0.178 e. The van der Waals surface area contributed by atoms with Crippen LogP contribution in [0.25, 0.3) is 0 Å². The molecule has 1 aromatic heterocycles. The maximum atomic E-state index is 13.8. The Hall–Kier alpha value is -1.47. The highest BCUT2D eigenvalue weighted by Crippen LogP contribution is 2.25. The van der Waals surface area contributed by atoms with Crippen molar-refractivity contribution in [3.63, 3.8) is 0 Å². The van der Waals surface area contributed by atoms with Gasteiger partial charge in [0.1, 0.15) is 0 Å². The molecule has 2 heterocycles. The van der Waals surface area contributed by atoms with Crippen molar-refractivity contribution in [1.82, 2.24) is 4.98 Å². The summed E-state index contributed by atoms with van der Waals surface area (Å²) in [5.74, 6) is 3.65. The van der Waals surface area contributed by atoms with Gasteiger partial charge >= 0.3 is 0 Å². The summed E-state index contributed by atoms with van der Waals surface area (Å²) in [5, 5.41) is 0. The van der Waals surface area contributed by atoms with Gasteiger partial charge in [-0.15, -0.1) is 0 Å². The minimum absolute atomic E-state index is 0.129. The molecule has 106 valence electrons. The Morgan fingerprint density at radius 1 is 1.42 bits per heavy atom. The number of nitrogens with one attached hydrogen (secondary N) is 1. The molecule has 0 unspecified atom stereocenters. The summed E-state index contributed by atoms with van der Waals surface area (Å²) in [6, 6.07) is 0.798. The number of nitrogens with zero attached hydrogens (tertiary/aromatic N) is 2. The summed E-state index contributed by atoms with van der Waals surface area (Å²) < 4.78 is 32.6. The Kier molecular flexibility index (Phi) is 4.49. The summed E-state index contributed by atoms with van der Waals surface area (Å²) in [6.45, 7) is 3.89. The number of hydrogen-bond donors (Lipinski definition) is 2. The average molecular weight is 272 g/mol. The number of nitrogen functional groups attached to an aromatic ring is 1. The van der Waals surface area contributed by atoms with Crippen LogP contribution in [0, 0.1) is 11.6 Å². The molecular formula is C12H18F2N4O. The van der Waals surface area contributed by atoms with Gasteiger partial charge in [0.2, 0.25) is 0 Å². The number of piperidine rings is 1. The number of ether oxygens (including phenoxy) is 1. The molecule has 0 spiro atoms. The van der Waals surface area contributed by atoms with E-state index in [1.807, 2.05) is 6.92 Å². The lowest BCUT2D eigenvalue weighted by molar-refractivity contribution is 0.0457. The second kappa shape index (κ2) is 6.12. The van der Waals surface area contributed by atoms with Crippen LogP contribution in [-0.4, -0.2) is 30.8 Å². The summed E-state index contributed by atoms with van der Waals surface area (Å²) in [6.07, 6.45) is 1.81. The van der Waals surface area contributed by atoms with Crippen molar-refractivity contribution >= 4 is 11.6 Å². The Morgan fingerprint density at radius 3 is 2.68 bits per heavy atom. The van der Waals surface area contributed by atoms with Crippen LogP contribution in [0.3, 0.4) is 0 Å². The molecule has 7 heteroatoms. The highest BCUT2D eigenvalue weighted by molar-refractivity contribution is 5.49. The minimum Gasteiger partial charge on any atom is -0.378 e. The van der Waals surface area contributed by atoms with E-state index in [1.54, 1.807) is 4.90 Å². The number of anilines is 2. The highest BCUT2D eigenvalue weighted by Gasteiger charge is 2.23. The molecule has 0 atom stereocenters. The fourth-order valence-electron chi connectivity index (χ4n) is 2.25. The van der Waals surface area contributed by atoms with Gasteiger partial charge in [-0.25, -0.2) is 19.6 Å². The van der Waals surface area contributed by atoms with Crippen LogP contribution >= 0.6 is 0 Å². The molecule has 2 rings (SSSR count). The van der Waals surface area contributed by atoms with Crippen molar-refractivity contribution in [2.75, 3.05) is 30.0 Å². The quantitative estimate of drug-likeness (QED) is 0.644. The Labute approximate surface area is 110 Å². The number of rotatable bonds is 4. The zero-order valence-corrected chi connectivity index (χ0v) is 10.8. The van der Waals surface area contributed by atoms with Gasteiger partial charge in [-0.2, -0.15) is 0 Å². The van der Waals surface area contributed by atoms with E-state index in [1.165, 1.54) is 0 Å². The minimum atomic E-state index is -0.798. The molecule has 3 N–H and O–H groups in total. The topological polar surface area (TPSA) is 63.4 Å². The van der Waals surface area contributed by atoms with Crippen LogP contribution in [0.15, 0.2) is 6.07 Å². The van der Waals surface area contributed by atoms with Crippen LogP contribution in [-0.2, 0) is 4.74 Å². The fourth-order valence-corrected chi connectivity index (χ4v) is 2.25. The number of halogens is 2. The third-order valence-electron chi connectivity index (χ3n) is 3.19. The summed E-state index contributed by atoms with van der Waals surface area (Å²) in [5.41, 5.74) is 2.13. The molecule has 0 aromatic carbocycles. The number of hydrogen-bond acceptors (Lipinski definition) is 5. The zero-order chi connectivity index (χ0) is 13.8. The smallest absolute Gasteiger partial charge is 0.178 e. The molecule has 0 bridgehead atoms. The van der Waals surface area contributed by atoms with Crippen molar-refractivity contribution in [1.29, 1.82) is 0 Å². The van der Waals surface area contributed by atoms with E-state index in [0.29, 0.717) is 19.7 Å². The van der Waals surface area contributed by atoms with Crippen LogP contribution in [0.4, 0.5) is 20.4 Å². The lowest BCUT2D eigenvalue weighted by atomic mass is 10.1. The molecule has 0 radical (unpaired) electrons. The van der Waals surface area contributed by atoms with E-state index in [2.05, 4.69) is 10.4 Å². The van der Waals surface area contributed by atoms with E-state index in [-0.39, 0.29) is 17.7 Å². The highest BCUT2D eigenvalue weighted by atomic mass is 19.1. The van der Waals surface area contributed by atoms with Crippen molar-refractivity contribution in [3.8, 4) is 0 Å². The summed E-state index contributed by atoms with van der Waals surface area (Å²) in [4.78, 5) is 5.67. The molecule has 1 fully saturated rings. The van der Waals surface area contributed by atoms with Crippen molar-refractivity contribution in [2.24, 2.45) is 5.84 Å². The van der Waals surface area contributed by atoms with Crippen molar-refractivity contribution in [2.45, 2.75) is 25.9 Å². The van der Waals surface area contributed by atoms with E-state index >= 15 is 0 Å². The van der Waals surface area contributed by atoms with Crippen LogP contribution in [0.2, 0.25) is 0 Å². The monoisotopic (exact) mass is 272 g/mol. The first-order valence-corrected chi connectivity index (χ1v) is 6.35. The first-order chi connectivity index (χ1) is 9.15. The number of pyridine rings is 1. The Bertz CT molecular complexity index is 436. The maximum absolute atomic E-state index is 13.8. The Morgan fingerprint density at radius 2 is 2.11 bits per heavy atom. The van der Waals surface area contributed by atoms with Gasteiger partial charge in [0.15, 0.2) is 23.3 Å². The molecule has 1 aliphatic heterocycles. The van der Waals surface area contributed by atoms with E-state index in [4.69, 9.17) is 10.6 Å². The largest absolute Gasteiger partial charge is 0.378 e. The predicted octanol–water partition coefficient (Wildman–Crippen LogP) is 1.65. The van der Waals surface area contributed by atoms with Gasteiger partial charge in [-0.1, -0.05) is 0 Å². The van der Waals surface area contributed by atoms with Crippen LogP contribution in [0.1, 0.15) is 19.8 Å². The van der Waals surface area contributed by atoms with Gasteiger partial charge in [0, 0.05) is 25.8 Å². The van der Waals surface area contributed by atoms with Gasteiger partial charge < -0.3 is 15.1 Å². The summed E-state index contributed by atoms with van der Waals surface area (Å²) in [7, 11) is 0. The van der Waals surface area contributed by atoms with E-state index in [0.717, 1.165) is 18.9 Å². The standard InChI is InChI=1S/C12H18F2N4O/c1-2-19-8-3-5-18(6-4-8)12-10(14)7-9(13)11(16-12)17-15/h7-8H,2-6,15H2,1H3,(H,16,17). The molecule has 5 nitrogen and oxygen atoms in total. The number of aromatic nitrogens is 1. The third kappa shape index (κ3) is 3.10. The van der Waals surface area contributed by atoms with Crippen LogP contribution < -0.4 is 16.2 Å². The molecule has 0 amide bonds. The van der Waals surface area contributed by atoms with Gasteiger partial charge in [-0.05, 0) is 19.8 Å². The zero-order valence-electron chi connectivity index (χ0n) is 10.8. The second-order valence-corrected chi connectivity index (χ2v) is 4.41. The first kappa shape index (κ1) is 14.0. The van der Waals surface area contributed by atoms with Crippen molar-refractivity contribution < 1.29 is 13.5 Å². The summed E-state index contributed by atoms with van der Waals surface area (Å²) >= 11 is 0. The van der Waals surface area contributed by atoms with Crippen LogP contribution in [0.5, 0.6) is 0 Å². The molecule has 19 heavy (non-hydrogen) atoms. The van der Waals surface area contributed by atoms with E-state index in [9.17, 15) is 8.78 Å². The predicted molar refractivity (Wildman–Crippen MR) is 68.8 cm³/mol. The van der Waals surface area contributed by atoms with E-state index < -0.39 is 11.6 Å². The molecular weight excluding hydrogens is 254 g/mol. The third-order valence-corrected chi connectivity index (χ3v) is 3.19. The second-order valence-electron chi connectivity index (χ2n) is 4.41. The van der Waals surface area contributed by atoms with Crippen molar-refractivity contribution in [3.05, 3.63) is 17.7 Å². The van der Waals surface area contributed by atoms with Gasteiger partial charge in [-0.3, -0.25) is 0 Å². The number of nitrogens with two attached hydrogens (primary N) is 1. The molecule has 0 aliphatic carbocycles. The normalized spacial score (nSPS) is 16.7. The molecule has 1 aromatic rings. The molecule has 0 saturated carbocycles. The van der Waals surface area contributed by atoms with Gasteiger partial charge in [0.05, 0.1) is 6.10 Å². The SMILES string of the molecule is CCOC1CCN(c2nc(NN)c(F)cc2F)CC1. The average Bonchev–Trinajstić information content (AvgIpc) is 2.41. The number of hydrazine groups is 1. The molecule has 1 aliphatic rings. The van der Waals surface area contributed by atoms with Gasteiger partial charge in [0.25, 0.3) is 0 Å². The lowest BCUT2D eigenvalue weighted by Gasteiger charge is -2.32. The lowest BCUT2D eigenvalue weighted by Crippen LogP contribution is -2.38. The molecule has 1 saturated heterocycles.